The molecule has 9 nitrogen and oxygen atoms in total. The maximum absolute atomic E-state index is 15.5. The van der Waals surface area contributed by atoms with Crippen molar-refractivity contribution in [1.82, 2.24) is 14.5 Å². The van der Waals surface area contributed by atoms with E-state index in [0.29, 0.717) is 63.7 Å². The van der Waals surface area contributed by atoms with E-state index >= 15 is 4.39 Å². The lowest BCUT2D eigenvalue weighted by Crippen LogP contribution is -2.40. The quantitative estimate of drug-likeness (QED) is 0.261. The summed E-state index contributed by atoms with van der Waals surface area (Å²) in [5.41, 5.74) is 2.66. The lowest BCUT2D eigenvalue weighted by atomic mass is 9.94. The first-order valence-electron chi connectivity index (χ1n) is 14.6. The van der Waals surface area contributed by atoms with E-state index < -0.39 is 23.0 Å². The van der Waals surface area contributed by atoms with Crippen molar-refractivity contribution in [3.05, 3.63) is 103 Å². The van der Waals surface area contributed by atoms with Gasteiger partial charge >= 0.3 is 5.69 Å². The highest BCUT2D eigenvalue weighted by Crippen LogP contribution is 2.41. The van der Waals surface area contributed by atoms with Crippen LogP contribution in [0, 0.1) is 18.7 Å². The zero-order valence-electron chi connectivity index (χ0n) is 25.5. The smallest absolute Gasteiger partial charge is 0.330 e. The number of carbonyl (C=O) groups is 2. The molecule has 0 bridgehead atoms. The Morgan fingerprint density at radius 2 is 1.78 bits per heavy atom. The van der Waals surface area contributed by atoms with Crippen LogP contribution >= 0.6 is 11.6 Å². The molecule has 1 heterocycles. The molecule has 1 saturated carbocycles. The van der Waals surface area contributed by atoms with Crippen molar-refractivity contribution < 1.29 is 18.7 Å². The fraction of sp³-hybridized carbons (Fsp3) is 0.294. The van der Waals surface area contributed by atoms with Gasteiger partial charge in [-0.15, -0.1) is 0 Å². The SMILES string of the molecule is COc1cc(-c2cccc(-c3cccc(NC(=O)c4cn(C)c(=O)n(C)c4=O)c3C)c2Cl)cc(F)c1CNC[C@@H]1CCC(=O)C1. The minimum Gasteiger partial charge on any atom is -0.496 e. The molecule has 1 aliphatic carbocycles. The van der Waals surface area contributed by atoms with Crippen LogP contribution in [0.2, 0.25) is 5.02 Å². The number of Topliss-reactive ketones (excluding diaryl/α,β-unsaturated/α-hetero) is 1. The number of ether oxygens (including phenoxy) is 1. The molecular formula is C34H34ClFN4O5. The van der Waals surface area contributed by atoms with Crippen LogP contribution in [-0.4, -0.2) is 34.5 Å². The number of ketones is 1. The zero-order valence-corrected chi connectivity index (χ0v) is 26.3. The number of hydrogen-bond acceptors (Lipinski definition) is 6. The van der Waals surface area contributed by atoms with Gasteiger partial charge in [0.15, 0.2) is 0 Å². The van der Waals surface area contributed by atoms with Crippen LogP contribution in [0.4, 0.5) is 10.1 Å². The Bertz CT molecular complexity index is 1930. The van der Waals surface area contributed by atoms with E-state index in [1.807, 2.05) is 25.1 Å². The van der Waals surface area contributed by atoms with Crippen molar-refractivity contribution in [2.45, 2.75) is 32.7 Å². The first-order chi connectivity index (χ1) is 21.5. The molecule has 0 unspecified atom stereocenters. The number of aryl methyl sites for hydroxylation is 1. The first kappa shape index (κ1) is 31.9. The molecule has 1 atom stereocenters. The fourth-order valence-electron chi connectivity index (χ4n) is 5.77. The normalized spacial score (nSPS) is 14.5. The molecule has 1 amide bonds. The van der Waals surface area contributed by atoms with Crippen molar-refractivity contribution in [1.29, 1.82) is 0 Å². The summed E-state index contributed by atoms with van der Waals surface area (Å²) in [4.78, 5) is 49.3. The molecule has 5 rings (SSSR count). The molecule has 2 N–H and O–H groups in total. The number of benzene rings is 3. The second-order valence-corrected chi connectivity index (χ2v) is 11.7. The zero-order chi connectivity index (χ0) is 32.4. The number of halogens is 2. The molecule has 0 spiro atoms. The maximum Gasteiger partial charge on any atom is 0.330 e. The molecule has 1 aliphatic rings. The van der Waals surface area contributed by atoms with Gasteiger partial charge in [0.1, 0.15) is 22.9 Å². The highest BCUT2D eigenvalue weighted by atomic mass is 35.5. The summed E-state index contributed by atoms with van der Waals surface area (Å²) >= 11 is 6.96. The molecule has 3 aromatic carbocycles. The summed E-state index contributed by atoms with van der Waals surface area (Å²) in [5, 5.41) is 6.43. The summed E-state index contributed by atoms with van der Waals surface area (Å²) in [6.45, 7) is 2.71. The Hall–Kier alpha value is -4.54. The van der Waals surface area contributed by atoms with Crippen LogP contribution in [0.25, 0.3) is 22.3 Å². The monoisotopic (exact) mass is 632 g/mol. The van der Waals surface area contributed by atoms with E-state index in [1.165, 1.54) is 38.0 Å². The van der Waals surface area contributed by atoms with Crippen LogP contribution in [0.3, 0.4) is 0 Å². The summed E-state index contributed by atoms with van der Waals surface area (Å²) in [5.74, 6) is -0.170. The predicted octanol–water partition coefficient (Wildman–Crippen LogP) is 5.24. The van der Waals surface area contributed by atoms with E-state index in [1.54, 1.807) is 24.3 Å². The lowest BCUT2D eigenvalue weighted by Gasteiger charge is -2.17. The molecule has 45 heavy (non-hydrogen) atoms. The van der Waals surface area contributed by atoms with Gasteiger partial charge in [0.2, 0.25) is 0 Å². The van der Waals surface area contributed by atoms with E-state index in [4.69, 9.17) is 16.3 Å². The van der Waals surface area contributed by atoms with Crippen LogP contribution in [0.1, 0.15) is 40.7 Å². The van der Waals surface area contributed by atoms with Crippen LogP contribution in [0.5, 0.6) is 5.75 Å². The molecule has 0 aliphatic heterocycles. The Kier molecular flexibility index (Phi) is 9.36. The molecule has 4 aromatic rings. The molecular weight excluding hydrogens is 599 g/mol. The number of carbonyl (C=O) groups excluding carboxylic acids is 2. The van der Waals surface area contributed by atoms with Crippen molar-refractivity contribution in [3.63, 3.8) is 0 Å². The highest BCUT2D eigenvalue weighted by Gasteiger charge is 2.23. The summed E-state index contributed by atoms with van der Waals surface area (Å²) in [7, 11) is 4.27. The van der Waals surface area contributed by atoms with E-state index in [2.05, 4.69) is 10.6 Å². The largest absolute Gasteiger partial charge is 0.496 e. The summed E-state index contributed by atoms with van der Waals surface area (Å²) < 4.78 is 23.1. The molecule has 0 saturated heterocycles. The first-order valence-corrected chi connectivity index (χ1v) is 14.9. The van der Waals surface area contributed by atoms with Crippen molar-refractivity contribution in [2.75, 3.05) is 19.0 Å². The van der Waals surface area contributed by atoms with E-state index in [-0.39, 0.29) is 23.8 Å². The maximum atomic E-state index is 15.5. The van der Waals surface area contributed by atoms with Crippen LogP contribution in [-0.2, 0) is 25.4 Å². The van der Waals surface area contributed by atoms with Gasteiger partial charge in [0, 0.05) is 62.1 Å². The van der Waals surface area contributed by atoms with Gasteiger partial charge in [-0.2, -0.15) is 0 Å². The Morgan fingerprint density at radius 1 is 1.07 bits per heavy atom. The topological polar surface area (TPSA) is 111 Å². The summed E-state index contributed by atoms with van der Waals surface area (Å²) in [6.07, 6.45) is 3.23. The van der Waals surface area contributed by atoms with Gasteiger partial charge in [0.25, 0.3) is 11.5 Å². The molecule has 11 heteroatoms. The highest BCUT2D eigenvalue weighted by molar-refractivity contribution is 6.36. The van der Waals surface area contributed by atoms with Crippen molar-refractivity contribution in [3.8, 4) is 28.0 Å². The third kappa shape index (κ3) is 6.48. The second-order valence-electron chi connectivity index (χ2n) is 11.3. The van der Waals surface area contributed by atoms with E-state index in [9.17, 15) is 19.2 Å². The number of aromatic nitrogens is 2. The number of amides is 1. The Balaban J connectivity index is 1.42. The average Bonchev–Trinajstić information content (AvgIpc) is 3.44. The van der Waals surface area contributed by atoms with Gasteiger partial charge < -0.3 is 19.9 Å². The number of anilines is 1. The van der Waals surface area contributed by atoms with Gasteiger partial charge in [-0.05, 0) is 60.7 Å². The minimum absolute atomic E-state index is 0.173. The van der Waals surface area contributed by atoms with Gasteiger partial charge in [-0.25, -0.2) is 9.18 Å². The van der Waals surface area contributed by atoms with E-state index in [0.717, 1.165) is 16.6 Å². The van der Waals surface area contributed by atoms with Gasteiger partial charge in [0.05, 0.1) is 12.1 Å². The van der Waals surface area contributed by atoms with Crippen LogP contribution in [0.15, 0.2) is 64.3 Å². The molecule has 234 valence electrons. The third-order valence-corrected chi connectivity index (χ3v) is 8.74. The number of rotatable bonds is 9. The van der Waals surface area contributed by atoms with Crippen molar-refractivity contribution >= 4 is 29.0 Å². The van der Waals surface area contributed by atoms with Crippen LogP contribution < -0.4 is 26.6 Å². The summed E-state index contributed by atoms with van der Waals surface area (Å²) in [6, 6.07) is 14.0. The van der Waals surface area contributed by atoms with Crippen molar-refractivity contribution in [2.24, 2.45) is 20.0 Å². The Labute approximate surface area is 264 Å². The number of methoxy groups -OCH3 is 1. The second kappa shape index (κ2) is 13.2. The third-order valence-electron chi connectivity index (χ3n) is 8.33. The minimum atomic E-state index is -0.699. The molecule has 0 radical (unpaired) electrons. The number of hydrogen-bond donors (Lipinski definition) is 2. The number of nitrogens with one attached hydrogen (secondary N) is 2. The Morgan fingerprint density at radius 3 is 2.49 bits per heavy atom. The number of nitrogens with zero attached hydrogens (tertiary/aromatic N) is 2. The van der Waals surface area contributed by atoms with Gasteiger partial charge in [-0.1, -0.05) is 41.9 Å². The molecule has 1 aromatic heterocycles. The predicted molar refractivity (Wildman–Crippen MR) is 173 cm³/mol. The van der Waals surface area contributed by atoms with Gasteiger partial charge in [-0.3, -0.25) is 19.0 Å². The molecule has 1 fully saturated rings. The average molecular weight is 633 g/mol. The lowest BCUT2D eigenvalue weighted by molar-refractivity contribution is -0.117. The standard InChI is InChI=1S/C34H34ClFN4O5/c1-19-23(7-6-10-29(19)38-32(42)27-18-39(2)34(44)40(3)33(27)43)25-9-5-8-24(31(25)35)21-14-28(36)26(30(15-21)45-4)17-37-16-20-11-12-22(41)13-20/h5-10,14-15,18,20,37H,11-13,16-17H2,1-4H3,(H,38,42)/t20-/m1/s1. The fourth-order valence-corrected chi connectivity index (χ4v) is 6.10.